The number of halogens is 1. The van der Waals surface area contributed by atoms with Crippen molar-refractivity contribution in [3.05, 3.63) is 52.0 Å². The van der Waals surface area contributed by atoms with Gasteiger partial charge in [0, 0.05) is 17.6 Å². The Morgan fingerprint density at radius 3 is 2.85 bits per heavy atom. The second kappa shape index (κ2) is 9.66. The standard InChI is InChI=1S/C18H22N4O2S.ClH/c19-17(23)13-10-16(25-12-13)18(24)22(11-14-4-1-2-8-21-14)15-5-3-7-20-9-6-15;/h1-2,4,8,10,12,15,20H,3,5-7,9,11H2,(H2,19,23);1H. The lowest BCUT2D eigenvalue weighted by molar-refractivity contribution is 0.0647. The van der Waals surface area contributed by atoms with Gasteiger partial charge >= 0.3 is 0 Å². The van der Waals surface area contributed by atoms with E-state index in [1.807, 2.05) is 23.1 Å². The summed E-state index contributed by atoms with van der Waals surface area (Å²) in [6.07, 6.45) is 4.64. The van der Waals surface area contributed by atoms with Crippen molar-refractivity contribution in [3.63, 3.8) is 0 Å². The van der Waals surface area contributed by atoms with Gasteiger partial charge in [-0.1, -0.05) is 6.07 Å². The zero-order valence-corrected chi connectivity index (χ0v) is 16.0. The fourth-order valence-electron chi connectivity index (χ4n) is 3.06. The summed E-state index contributed by atoms with van der Waals surface area (Å²) in [4.78, 5) is 31.3. The van der Waals surface area contributed by atoms with Crippen LogP contribution in [0.2, 0.25) is 0 Å². The van der Waals surface area contributed by atoms with Crippen LogP contribution in [0.25, 0.3) is 0 Å². The molecule has 6 nitrogen and oxygen atoms in total. The molecule has 140 valence electrons. The van der Waals surface area contributed by atoms with Crippen LogP contribution in [0.1, 0.15) is 45.0 Å². The van der Waals surface area contributed by atoms with Crippen LogP contribution >= 0.6 is 23.7 Å². The van der Waals surface area contributed by atoms with Crippen LogP contribution < -0.4 is 11.1 Å². The molecule has 1 aliphatic rings. The van der Waals surface area contributed by atoms with Crippen molar-refractivity contribution in [2.75, 3.05) is 13.1 Å². The summed E-state index contributed by atoms with van der Waals surface area (Å²) in [6.45, 7) is 2.34. The molecule has 3 rings (SSSR count). The Morgan fingerprint density at radius 2 is 2.15 bits per heavy atom. The summed E-state index contributed by atoms with van der Waals surface area (Å²) in [5, 5.41) is 5.02. The lowest BCUT2D eigenvalue weighted by atomic mass is 10.1. The number of aromatic nitrogens is 1. The molecule has 2 aromatic heterocycles. The van der Waals surface area contributed by atoms with E-state index in [-0.39, 0.29) is 24.4 Å². The largest absolute Gasteiger partial charge is 0.366 e. The number of pyridine rings is 1. The monoisotopic (exact) mass is 394 g/mol. The molecule has 1 saturated heterocycles. The van der Waals surface area contributed by atoms with Gasteiger partial charge in [-0.15, -0.1) is 23.7 Å². The molecule has 8 heteroatoms. The molecular weight excluding hydrogens is 372 g/mol. The maximum Gasteiger partial charge on any atom is 0.264 e. The first-order valence-corrected chi connectivity index (χ1v) is 9.33. The Bertz CT molecular complexity index is 730. The third-order valence-electron chi connectivity index (χ3n) is 4.40. The number of nitrogens with two attached hydrogens (primary N) is 1. The van der Waals surface area contributed by atoms with E-state index in [2.05, 4.69) is 10.3 Å². The summed E-state index contributed by atoms with van der Waals surface area (Å²) in [7, 11) is 0. The highest BCUT2D eigenvalue weighted by molar-refractivity contribution is 7.12. The number of thiophene rings is 1. The van der Waals surface area contributed by atoms with Crippen LogP contribution in [0.5, 0.6) is 0 Å². The number of nitrogens with one attached hydrogen (secondary N) is 1. The first-order chi connectivity index (χ1) is 12.1. The van der Waals surface area contributed by atoms with E-state index in [4.69, 9.17) is 5.73 Å². The van der Waals surface area contributed by atoms with E-state index in [1.54, 1.807) is 17.6 Å². The zero-order valence-electron chi connectivity index (χ0n) is 14.4. The average Bonchev–Trinajstić information content (AvgIpc) is 2.97. The minimum absolute atomic E-state index is 0. The summed E-state index contributed by atoms with van der Waals surface area (Å²) < 4.78 is 0. The fraction of sp³-hybridized carbons (Fsp3) is 0.389. The number of primary amides is 1. The molecule has 1 aliphatic heterocycles. The van der Waals surface area contributed by atoms with E-state index in [9.17, 15) is 9.59 Å². The van der Waals surface area contributed by atoms with Gasteiger partial charge in [0.15, 0.2) is 0 Å². The molecular formula is C18H23ClN4O2S. The molecule has 3 heterocycles. The molecule has 0 radical (unpaired) electrons. The number of hydrogen-bond acceptors (Lipinski definition) is 5. The Balaban J connectivity index is 0.00000243. The SMILES string of the molecule is Cl.NC(=O)c1csc(C(=O)N(Cc2ccccn2)C2CCCNCC2)c1. The predicted octanol–water partition coefficient (Wildman–Crippen LogP) is 2.45. The minimum atomic E-state index is -0.509. The number of hydrogen-bond donors (Lipinski definition) is 2. The second-order valence-corrected chi connectivity index (χ2v) is 7.06. The van der Waals surface area contributed by atoms with Gasteiger partial charge < -0.3 is 16.0 Å². The van der Waals surface area contributed by atoms with Gasteiger partial charge in [-0.25, -0.2) is 0 Å². The molecule has 26 heavy (non-hydrogen) atoms. The van der Waals surface area contributed by atoms with Gasteiger partial charge in [-0.05, 0) is 50.6 Å². The van der Waals surface area contributed by atoms with E-state index in [1.165, 1.54) is 11.3 Å². The van der Waals surface area contributed by atoms with E-state index in [0.717, 1.165) is 38.0 Å². The van der Waals surface area contributed by atoms with Crippen LogP contribution in [0.15, 0.2) is 35.8 Å². The predicted molar refractivity (Wildman–Crippen MR) is 105 cm³/mol. The summed E-state index contributed by atoms with van der Waals surface area (Å²) >= 11 is 1.27. The molecule has 0 aromatic carbocycles. The molecule has 0 bridgehead atoms. The highest BCUT2D eigenvalue weighted by Crippen LogP contribution is 2.23. The quantitative estimate of drug-likeness (QED) is 0.815. The van der Waals surface area contributed by atoms with E-state index in [0.29, 0.717) is 17.0 Å². The van der Waals surface area contributed by atoms with Gasteiger partial charge in [-0.2, -0.15) is 0 Å². The first-order valence-electron chi connectivity index (χ1n) is 8.45. The van der Waals surface area contributed by atoms with Crippen molar-refractivity contribution < 1.29 is 9.59 Å². The third kappa shape index (κ3) is 5.03. The Hall–Kier alpha value is -1.96. The van der Waals surface area contributed by atoms with Crippen molar-refractivity contribution >= 4 is 35.6 Å². The molecule has 2 aromatic rings. The van der Waals surface area contributed by atoms with Crippen molar-refractivity contribution in [3.8, 4) is 0 Å². The highest BCUT2D eigenvalue weighted by atomic mass is 35.5. The molecule has 1 atom stereocenters. The van der Waals surface area contributed by atoms with Crippen molar-refractivity contribution in [2.24, 2.45) is 5.73 Å². The highest BCUT2D eigenvalue weighted by Gasteiger charge is 2.27. The van der Waals surface area contributed by atoms with E-state index < -0.39 is 5.91 Å². The number of carbonyl (C=O) groups excluding carboxylic acids is 2. The topological polar surface area (TPSA) is 88.3 Å². The second-order valence-electron chi connectivity index (χ2n) is 6.15. The Labute approximate surface area is 163 Å². The van der Waals surface area contributed by atoms with Crippen molar-refractivity contribution in [2.45, 2.75) is 31.8 Å². The van der Waals surface area contributed by atoms with Crippen molar-refractivity contribution in [1.29, 1.82) is 0 Å². The van der Waals surface area contributed by atoms with Crippen LogP contribution in [0.4, 0.5) is 0 Å². The van der Waals surface area contributed by atoms with Crippen LogP contribution in [0.3, 0.4) is 0 Å². The maximum absolute atomic E-state index is 13.1. The lowest BCUT2D eigenvalue weighted by Crippen LogP contribution is -2.40. The number of carbonyl (C=O) groups is 2. The molecule has 0 aliphatic carbocycles. The lowest BCUT2D eigenvalue weighted by Gasteiger charge is -2.30. The summed E-state index contributed by atoms with van der Waals surface area (Å²) in [5.41, 5.74) is 6.56. The summed E-state index contributed by atoms with van der Waals surface area (Å²) in [5.74, 6) is -0.569. The van der Waals surface area contributed by atoms with E-state index >= 15 is 0 Å². The molecule has 1 fully saturated rings. The average molecular weight is 395 g/mol. The van der Waals surface area contributed by atoms with Gasteiger partial charge in [0.25, 0.3) is 5.91 Å². The maximum atomic E-state index is 13.1. The number of rotatable bonds is 5. The number of amides is 2. The zero-order chi connectivity index (χ0) is 17.6. The Kier molecular flexibility index (Phi) is 7.56. The summed E-state index contributed by atoms with van der Waals surface area (Å²) in [6, 6.07) is 7.47. The van der Waals surface area contributed by atoms with Gasteiger partial charge in [0.1, 0.15) is 0 Å². The molecule has 0 saturated carbocycles. The normalized spacial score (nSPS) is 17.0. The van der Waals surface area contributed by atoms with Gasteiger partial charge in [0.2, 0.25) is 5.91 Å². The minimum Gasteiger partial charge on any atom is -0.366 e. The fourth-order valence-corrected chi connectivity index (χ4v) is 3.92. The van der Waals surface area contributed by atoms with Crippen LogP contribution in [0, 0.1) is 0 Å². The van der Waals surface area contributed by atoms with Gasteiger partial charge in [0.05, 0.1) is 22.7 Å². The Morgan fingerprint density at radius 1 is 1.31 bits per heavy atom. The van der Waals surface area contributed by atoms with Gasteiger partial charge in [-0.3, -0.25) is 14.6 Å². The smallest absolute Gasteiger partial charge is 0.264 e. The first kappa shape index (κ1) is 20.4. The van der Waals surface area contributed by atoms with Crippen molar-refractivity contribution in [1.82, 2.24) is 15.2 Å². The molecule has 0 spiro atoms. The molecule has 1 unspecified atom stereocenters. The number of nitrogens with zero attached hydrogens (tertiary/aromatic N) is 2. The molecule has 2 amide bonds. The van der Waals surface area contributed by atoms with Crippen LogP contribution in [-0.2, 0) is 6.54 Å². The van der Waals surface area contributed by atoms with Crippen LogP contribution in [-0.4, -0.2) is 40.8 Å². The molecule has 3 N–H and O–H groups in total. The third-order valence-corrected chi connectivity index (χ3v) is 5.32.